The monoisotopic (exact) mass is 531 g/mol. The van der Waals surface area contributed by atoms with Crippen LogP contribution in [0.25, 0.3) is 33.6 Å². The summed E-state index contributed by atoms with van der Waals surface area (Å²) in [6, 6.07) is 23.0. The first-order valence-electron chi connectivity index (χ1n) is 11.0. The molecule has 0 unspecified atom stereocenters. The van der Waals surface area contributed by atoms with Crippen LogP contribution in [0.3, 0.4) is 0 Å². The zero-order valence-corrected chi connectivity index (χ0v) is 21.3. The molecule has 0 aliphatic rings. The van der Waals surface area contributed by atoms with Gasteiger partial charge in [0.05, 0.1) is 5.69 Å². The number of aryl methyl sites for hydroxylation is 1. The van der Waals surface area contributed by atoms with Gasteiger partial charge < -0.3 is 5.32 Å². The molecule has 0 bridgehead atoms. The standard InChI is InChI=1S/C27H19Cl2N5OS/c1-16-13-23-24(33-34(32-23)25-8-4-6-17-5-2-3-7-20(17)25)15-22(16)30-27(36)31-26(35)12-10-18-9-11-19(28)14-21(18)29/h2-15H,1H3,(H2,30,31,35,36)/b12-10+. The van der Waals surface area contributed by atoms with Crippen molar-refractivity contribution in [2.45, 2.75) is 6.92 Å². The fraction of sp³-hybridized carbons (Fsp3) is 0.0370. The van der Waals surface area contributed by atoms with Crippen LogP contribution in [-0.2, 0) is 4.79 Å². The first kappa shape index (κ1) is 23.9. The van der Waals surface area contributed by atoms with Crippen LogP contribution in [0, 0.1) is 6.92 Å². The molecule has 1 amide bonds. The number of nitrogens with zero attached hydrogens (tertiary/aromatic N) is 3. The second-order valence-corrected chi connectivity index (χ2v) is 9.34. The lowest BCUT2D eigenvalue weighted by atomic mass is 10.1. The van der Waals surface area contributed by atoms with Crippen LogP contribution >= 0.6 is 35.4 Å². The Balaban J connectivity index is 1.33. The Morgan fingerprint density at radius 1 is 0.972 bits per heavy atom. The third kappa shape index (κ3) is 5.09. The Bertz CT molecular complexity index is 1670. The van der Waals surface area contributed by atoms with Crippen molar-refractivity contribution >= 4 is 80.0 Å². The number of amides is 1. The Labute approximate surface area is 222 Å². The van der Waals surface area contributed by atoms with Crippen molar-refractivity contribution < 1.29 is 4.79 Å². The molecule has 2 N–H and O–H groups in total. The van der Waals surface area contributed by atoms with Gasteiger partial charge in [-0.1, -0.05) is 65.7 Å². The van der Waals surface area contributed by atoms with E-state index < -0.39 is 0 Å². The topological polar surface area (TPSA) is 71.8 Å². The van der Waals surface area contributed by atoms with Crippen molar-refractivity contribution in [3.8, 4) is 5.69 Å². The molecular formula is C27H19Cl2N5OS. The molecule has 0 spiro atoms. The number of benzene rings is 4. The Morgan fingerprint density at radius 2 is 1.72 bits per heavy atom. The van der Waals surface area contributed by atoms with E-state index in [1.807, 2.05) is 49.4 Å². The van der Waals surface area contributed by atoms with Crippen molar-refractivity contribution in [1.29, 1.82) is 0 Å². The smallest absolute Gasteiger partial charge is 0.250 e. The molecule has 36 heavy (non-hydrogen) atoms. The predicted octanol–water partition coefficient (Wildman–Crippen LogP) is 6.72. The molecule has 0 aliphatic carbocycles. The third-order valence-electron chi connectivity index (χ3n) is 5.57. The number of anilines is 1. The molecule has 178 valence electrons. The van der Waals surface area contributed by atoms with Crippen LogP contribution in [0.15, 0.2) is 78.9 Å². The Hall–Kier alpha value is -3.78. The number of halogens is 2. The van der Waals surface area contributed by atoms with E-state index in [0.717, 1.165) is 33.2 Å². The van der Waals surface area contributed by atoms with Crippen LogP contribution < -0.4 is 10.6 Å². The van der Waals surface area contributed by atoms with Crippen molar-refractivity contribution in [3.63, 3.8) is 0 Å². The van der Waals surface area contributed by atoms with Crippen molar-refractivity contribution in [2.24, 2.45) is 0 Å². The van der Waals surface area contributed by atoms with Crippen LogP contribution in [0.2, 0.25) is 10.0 Å². The molecule has 0 aliphatic heterocycles. The van der Waals surface area contributed by atoms with Gasteiger partial charge in [0.2, 0.25) is 5.91 Å². The van der Waals surface area contributed by atoms with Gasteiger partial charge in [0.25, 0.3) is 0 Å². The molecule has 0 saturated heterocycles. The number of fused-ring (bicyclic) bond motifs is 2. The maximum absolute atomic E-state index is 12.3. The molecule has 1 aromatic heterocycles. The molecule has 0 radical (unpaired) electrons. The normalized spacial score (nSPS) is 11.3. The van der Waals surface area contributed by atoms with E-state index in [0.29, 0.717) is 21.1 Å². The highest BCUT2D eigenvalue weighted by atomic mass is 35.5. The second-order valence-electron chi connectivity index (χ2n) is 8.09. The molecule has 9 heteroatoms. The van der Waals surface area contributed by atoms with Crippen molar-refractivity contribution in [2.75, 3.05) is 5.32 Å². The van der Waals surface area contributed by atoms with E-state index in [1.165, 1.54) is 6.08 Å². The van der Waals surface area contributed by atoms with Crippen molar-refractivity contribution in [1.82, 2.24) is 20.3 Å². The summed E-state index contributed by atoms with van der Waals surface area (Å²) < 4.78 is 0. The summed E-state index contributed by atoms with van der Waals surface area (Å²) in [5.74, 6) is -0.390. The number of hydrogen-bond acceptors (Lipinski definition) is 4. The summed E-state index contributed by atoms with van der Waals surface area (Å²) in [5, 5.41) is 18.4. The summed E-state index contributed by atoms with van der Waals surface area (Å²) in [7, 11) is 0. The van der Waals surface area contributed by atoms with Gasteiger partial charge in [0.1, 0.15) is 11.0 Å². The lowest BCUT2D eigenvalue weighted by Gasteiger charge is -2.10. The van der Waals surface area contributed by atoms with Gasteiger partial charge in [-0.2, -0.15) is 0 Å². The quantitative estimate of drug-likeness (QED) is 0.199. The van der Waals surface area contributed by atoms with E-state index in [4.69, 9.17) is 35.4 Å². The summed E-state index contributed by atoms with van der Waals surface area (Å²) in [6.07, 6.45) is 2.95. The number of nitrogens with one attached hydrogen (secondary N) is 2. The molecule has 5 rings (SSSR count). The van der Waals surface area contributed by atoms with E-state index in [1.54, 1.807) is 29.1 Å². The molecule has 6 nitrogen and oxygen atoms in total. The lowest BCUT2D eigenvalue weighted by Crippen LogP contribution is -2.33. The zero-order valence-electron chi connectivity index (χ0n) is 19.0. The summed E-state index contributed by atoms with van der Waals surface area (Å²) in [5.41, 5.74) is 4.65. The summed E-state index contributed by atoms with van der Waals surface area (Å²) >= 11 is 17.4. The molecule has 0 atom stereocenters. The van der Waals surface area contributed by atoms with Crippen molar-refractivity contribution in [3.05, 3.63) is 100 Å². The van der Waals surface area contributed by atoms with Gasteiger partial charge in [-0.15, -0.1) is 15.0 Å². The maximum atomic E-state index is 12.3. The number of rotatable bonds is 4. The van der Waals surface area contributed by atoms with Gasteiger partial charge in [0.15, 0.2) is 5.11 Å². The third-order valence-corrected chi connectivity index (χ3v) is 6.34. The predicted molar refractivity (Wildman–Crippen MR) is 151 cm³/mol. The number of aromatic nitrogens is 3. The van der Waals surface area contributed by atoms with Crippen LogP contribution in [0.4, 0.5) is 5.69 Å². The van der Waals surface area contributed by atoms with E-state index in [9.17, 15) is 4.79 Å². The average Bonchev–Trinajstić information content (AvgIpc) is 3.25. The zero-order chi connectivity index (χ0) is 25.2. The van der Waals surface area contributed by atoms with Gasteiger partial charge >= 0.3 is 0 Å². The lowest BCUT2D eigenvalue weighted by molar-refractivity contribution is -0.115. The minimum absolute atomic E-state index is 0.163. The molecule has 1 heterocycles. The largest absolute Gasteiger partial charge is 0.332 e. The first-order valence-corrected chi connectivity index (χ1v) is 12.1. The fourth-order valence-electron chi connectivity index (χ4n) is 3.80. The number of hydrogen-bond donors (Lipinski definition) is 2. The van der Waals surface area contributed by atoms with Gasteiger partial charge in [-0.05, 0) is 72.1 Å². The fourth-order valence-corrected chi connectivity index (χ4v) is 4.48. The highest BCUT2D eigenvalue weighted by molar-refractivity contribution is 7.80. The Morgan fingerprint density at radius 3 is 2.53 bits per heavy atom. The molecule has 0 fully saturated rings. The highest BCUT2D eigenvalue weighted by Crippen LogP contribution is 2.25. The van der Waals surface area contributed by atoms with Crippen LogP contribution in [0.1, 0.15) is 11.1 Å². The minimum Gasteiger partial charge on any atom is -0.332 e. The first-order chi connectivity index (χ1) is 17.4. The highest BCUT2D eigenvalue weighted by Gasteiger charge is 2.12. The molecule has 0 saturated carbocycles. The number of carbonyl (C=O) groups excluding carboxylic acids is 1. The number of carbonyl (C=O) groups is 1. The van der Waals surface area contributed by atoms with Crippen LogP contribution in [-0.4, -0.2) is 26.0 Å². The summed E-state index contributed by atoms with van der Waals surface area (Å²) in [6.45, 7) is 1.94. The van der Waals surface area contributed by atoms with E-state index in [2.05, 4.69) is 33.0 Å². The van der Waals surface area contributed by atoms with Gasteiger partial charge in [-0.25, -0.2) is 0 Å². The minimum atomic E-state index is -0.390. The second kappa shape index (κ2) is 10.1. The van der Waals surface area contributed by atoms with E-state index in [-0.39, 0.29) is 11.0 Å². The average molecular weight is 532 g/mol. The van der Waals surface area contributed by atoms with Gasteiger partial charge in [0, 0.05) is 27.2 Å². The number of thiocarbonyl (C=S) groups is 1. The van der Waals surface area contributed by atoms with Crippen LogP contribution in [0.5, 0.6) is 0 Å². The molecular weight excluding hydrogens is 513 g/mol. The molecule has 4 aromatic carbocycles. The van der Waals surface area contributed by atoms with E-state index >= 15 is 0 Å². The van der Waals surface area contributed by atoms with Gasteiger partial charge in [-0.3, -0.25) is 10.1 Å². The summed E-state index contributed by atoms with van der Waals surface area (Å²) in [4.78, 5) is 14.0. The molecule has 5 aromatic rings. The SMILES string of the molecule is Cc1cc2nn(-c3cccc4ccccc34)nc2cc1NC(=S)NC(=O)/C=C/c1ccc(Cl)cc1Cl. The Kier molecular flexibility index (Phi) is 6.69. The maximum Gasteiger partial charge on any atom is 0.250 e.